The number of amides is 1. The molecule has 4 rings (SSSR count). The van der Waals surface area contributed by atoms with Crippen LogP contribution in [0.2, 0.25) is 0 Å². The van der Waals surface area contributed by atoms with Crippen LogP contribution < -0.4 is 19.7 Å². The zero-order valence-corrected chi connectivity index (χ0v) is 22.5. The highest BCUT2D eigenvalue weighted by atomic mass is 32.2. The van der Waals surface area contributed by atoms with Gasteiger partial charge in [-0.1, -0.05) is 19.1 Å². The van der Waals surface area contributed by atoms with Crippen molar-refractivity contribution in [2.75, 3.05) is 44.3 Å². The summed E-state index contributed by atoms with van der Waals surface area (Å²) < 4.78 is 50.9. The first-order valence-electron chi connectivity index (χ1n) is 12.4. The smallest absolute Gasteiger partial charge is 0.219 e. The number of hydrogen-bond donors (Lipinski definition) is 1. The predicted molar refractivity (Wildman–Crippen MR) is 142 cm³/mol. The zero-order chi connectivity index (χ0) is 26.7. The number of anilines is 1. The number of carbonyl (C=O) groups excluding carboxylic acids is 1. The van der Waals surface area contributed by atoms with Gasteiger partial charge in [0.1, 0.15) is 11.7 Å². The van der Waals surface area contributed by atoms with E-state index in [2.05, 4.69) is 5.32 Å². The molecule has 2 aliphatic rings. The van der Waals surface area contributed by atoms with E-state index in [-0.39, 0.29) is 35.2 Å². The van der Waals surface area contributed by atoms with Crippen LogP contribution in [0.3, 0.4) is 0 Å². The minimum absolute atomic E-state index is 0.00849. The molecule has 200 valence electrons. The van der Waals surface area contributed by atoms with E-state index in [4.69, 9.17) is 14.5 Å². The van der Waals surface area contributed by atoms with Gasteiger partial charge in [-0.25, -0.2) is 12.8 Å². The third kappa shape index (κ3) is 5.74. The van der Waals surface area contributed by atoms with E-state index >= 15 is 4.39 Å². The first kappa shape index (κ1) is 26.9. The summed E-state index contributed by atoms with van der Waals surface area (Å²) in [5.41, 5.74) is 3.15. The fourth-order valence-electron chi connectivity index (χ4n) is 5.11. The van der Waals surface area contributed by atoms with Crippen LogP contribution in [0.25, 0.3) is 0 Å². The van der Waals surface area contributed by atoms with Gasteiger partial charge in [-0.3, -0.25) is 9.79 Å². The Morgan fingerprint density at radius 3 is 2.57 bits per heavy atom. The number of carbonyl (C=O) groups is 1. The molecule has 2 aliphatic heterocycles. The monoisotopic (exact) mass is 531 g/mol. The van der Waals surface area contributed by atoms with Crippen molar-refractivity contribution in [1.29, 1.82) is 0 Å². The van der Waals surface area contributed by atoms with Crippen molar-refractivity contribution < 1.29 is 27.1 Å². The van der Waals surface area contributed by atoms with E-state index in [0.29, 0.717) is 54.8 Å². The maximum Gasteiger partial charge on any atom is 0.219 e. The average Bonchev–Trinajstić information content (AvgIpc) is 3.03. The van der Waals surface area contributed by atoms with E-state index in [1.165, 1.54) is 20.3 Å². The topological polar surface area (TPSA) is 97.3 Å². The summed E-state index contributed by atoms with van der Waals surface area (Å²) in [7, 11) is 1.48. The Hall–Kier alpha value is -3.14. The molecule has 1 saturated heterocycles. The molecule has 0 bridgehead atoms. The Kier molecular flexibility index (Phi) is 8.06. The lowest BCUT2D eigenvalue weighted by atomic mass is 9.89. The van der Waals surface area contributed by atoms with Gasteiger partial charge in [0.25, 0.3) is 0 Å². The summed E-state index contributed by atoms with van der Waals surface area (Å²) >= 11 is 0. The highest BCUT2D eigenvalue weighted by Gasteiger charge is 2.32. The summed E-state index contributed by atoms with van der Waals surface area (Å²) in [5, 5.41) is 2.65. The second-order valence-electron chi connectivity index (χ2n) is 9.63. The lowest BCUT2D eigenvalue weighted by molar-refractivity contribution is -0.120. The maximum absolute atomic E-state index is 15.4. The third-order valence-electron chi connectivity index (χ3n) is 7.13. The number of hydrogen-bond acceptors (Lipinski definition) is 7. The predicted octanol–water partition coefficient (Wildman–Crippen LogP) is 3.35. The number of rotatable bonds is 7. The second-order valence-corrected chi connectivity index (χ2v) is 11.8. The van der Waals surface area contributed by atoms with Crippen LogP contribution in [0, 0.1) is 11.7 Å². The number of ether oxygens (including phenoxy) is 2. The number of nitrogens with one attached hydrogen (secondary N) is 1. The van der Waals surface area contributed by atoms with Crippen molar-refractivity contribution >= 4 is 27.1 Å². The van der Waals surface area contributed by atoms with Crippen LogP contribution in [0.4, 0.5) is 10.1 Å². The van der Waals surface area contributed by atoms with Gasteiger partial charge in [-0.15, -0.1) is 0 Å². The number of fused-ring (bicyclic) bond motifs is 1. The molecule has 1 amide bonds. The molecule has 0 saturated carbocycles. The summed E-state index contributed by atoms with van der Waals surface area (Å²) in [6.45, 7) is 2.68. The van der Waals surface area contributed by atoms with Crippen molar-refractivity contribution in [3.63, 3.8) is 0 Å². The highest BCUT2D eigenvalue weighted by Crippen LogP contribution is 2.41. The highest BCUT2D eigenvalue weighted by molar-refractivity contribution is 7.91. The van der Waals surface area contributed by atoms with E-state index in [0.717, 1.165) is 11.3 Å². The minimum Gasteiger partial charge on any atom is -0.493 e. The largest absolute Gasteiger partial charge is 0.493 e. The Morgan fingerprint density at radius 1 is 1.22 bits per heavy atom. The summed E-state index contributed by atoms with van der Waals surface area (Å²) in [6.07, 6.45) is 1.84. The molecule has 37 heavy (non-hydrogen) atoms. The van der Waals surface area contributed by atoms with Crippen molar-refractivity contribution in [3.05, 3.63) is 52.8 Å². The molecule has 2 aromatic carbocycles. The van der Waals surface area contributed by atoms with Gasteiger partial charge in [-0.2, -0.15) is 0 Å². The molecule has 2 unspecified atom stereocenters. The number of aliphatic imine (C=N–C) groups is 1. The fourth-order valence-corrected chi connectivity index (χ4v) is 6.57. The van der Waals surface area contributed by atoms with Gasteiger partial charge in [0.15, 0.2) is 21.3 Å². The molecule has 1 fully saturated rings. The molecule has 0 radical (unpaired) electrons. The summed E-state index contributed by atoms with van der Waals surface area (Å²) in [4.78, 5) is 18.9. The Morgan fingerprint density at radius 2 is 1.95 bits per heavy atom. The van der Waals surface area contributed by atoms with Crippen LogP contribution in [0.5, 0.6) is 11.5 Å². The average molecular weight is 532 g/mol. The van der Waals surface area contributed by atoms with E-state index in [1.54, 1.807) is 7.05 Å². The number of nitrogens with zero attached hydrogens (tertiary/aromatic N) is 2. The Balaban J connectivity index is 1.81. The van der Waals surface area contributed by atoms with E-state index in [9.17, 15) is 13.2 Å². The van der Waals surface area contributed by atoms with Gasteiger partial charge < -0.3 is 19.7 Å². The SMILES string of the molecule is CNC(=O)CCC1N=C(c2ccc(N3CCCS(=O)(=O)C3)cc2)c2c(c(F)cc(OC)c2OC)CC1C. The standard InChI is InChI=1S/C27H34FN3O5S/c1-17-14-20-21(28)15-23(35-3)27(36-4)25(20)26(30-22(17)10-11-24(32)29-2)18-6-8-19(9-7-18)31-12-5-13-37(33,34)16-31/h6-9,15,17,22H,5,10-14,16H2,1-4H3,(H,29,32). The van der Waals surface area contributed by atoms with Crippen molar-refractivity contribution in [2.24, 2.45) is 10.9 Å². The Bertz CT molecular complexity index is 1290. The lowest BCUT2D eigenvalue weighted by Crippen LogP contribution is -2.37. The quantitative estimate of drug-likeness (QED) is 0.589. The van der Waals surface area contributed by atoms with Crippen LogP contribution >= 0.6 is 0 Å². The van der Waals surface area contributed by atoms with Crippen LogP contribution in [-0.4, -0.2) is 65.5 Å². The van der Waals surface area contributed by atoms with E-state index in [1.807, 2.05) is 36.1 Å². The lowest BCUT2D eigenvalue weighted by Gasteiger charge is -2.28. The van der Waals surface area contributed by atoms with Gasteiger partial charge in [0.05, 0.1) is 37.3 Å². The second kappa shape index (κ2) is 11.1. The molecule has 1 N–H and O–H groups in total. The van der Waals surface area contributed by atoms with Gasteiger partial charge in [0, 0.05) is 42.9 Å². The molecule has 2 atom stereocenters. The molecular weight excluding hydrogens is 497 g/mol. The third-order valence-corrected chi connectivity index (χ3v) is 8.74. The summed E-state index contributed by atoms with van der Waals surface area (Å²) in [5.74, 6) is 0.391. The molecule has 2 heterocycles. The first-order valence-corrected chi connectivity index (χ1v) is 14.3. The maximum atomic E-state index is 15.4. The molecule has 8 nitrogen and oxygen atoms in total. The molecule has 0 aromatic heterocycles. The Labute approximate surface area is 217 Å². The number of methoxy groups -OCH3 is 2. The molecule has 0 aliphatic carbocycles. The minimum atomic E-state index is -3.11. The normalized spacial score (nSPS) is 20.9. The molecule has 0 spiro atoms. The molecular formula is C27H34FN3O5S. The van der Waals surface area contributed by atoms with Crippen molar-refractivity contribution in [3.8, 4) is 11.5 Å². The number of halogens is 1. The first-order chi connectivity index (χ1) is 17.7. The van der Waals surface area contributed by atoms with Crippen molar-refractivity contribution in [1.82, 2.24) is 5.32 Å². The van der Waals surface area contributed by atoms with Gasteiger partial charge in [-0.05, 0) is 37.3 Å². The van der Waals surface area contributed by atoms with Crippen LogP contribution in [0.15, 0.2) is 35.3 Å². The van der Waals surface area contributed by atoms with Crippen molar-refractivity contribution in [2.45, 2.75) is 38.6 Å². The van der Waals surface area contributed by atoms with Crippen LogP contribution in [-0.2, 0) is 21.1 Å². The molecule has 2 aromatic rings. The molecule has 10 heteroatoms. The van der Waals surface area contributed by atoms with Crippen LogP contribution in [0.1, 0.15) is 42.9 Å². The van der Waals surface area contributed by atoms with E-state index < -0.39 is 15.7 Å². The van der Waals surface area contributed by atoms with Gasteiger partial charge >= 0.3 is 0 Å². The summed E-state index contributed by atoms with van der Waals surface area (Å²) in [6, 6.07) is 8.61. The fraction of sp³-hybridized carbons (Fsp3) is 0.481. The number of sulfone groups is 1. The number of benzene rings is 2. The zero-order valence-electron chi connectivity index (χ0n) is 21.7. The van der Waals surface area contributed by atoms with Gasteiger partial charge in [0.2, 0.25) is 5.91 Å².